The summed E-state index contributed by atoms with van der Waals surface area (Å²) >= 11 is 0. The minimum absolute atomic E-state index is 0.0637. The number of esters is 1. The van der Waals surface area contributed by atoms with E-state index in [-0.39, 0.29) is 24.0 Å². The van der Waals surface area contributed by atoms with Crippen LogP contribution in [0.3, 0.4) is 0 Å². The van der Waals surface area contributed by atoms with Gasteiger partial charge >= 0.3 is 5.97 Å². The molecule has 7 heteroatoms. The molecule has 0 radical (unpaired) electrons. The normalized spacial score (nSPS) is 13.3. The monoisotopic (exact) mass is 312 g/mol. The first-order chi connectivity index (χ1) is 10.3. The highest BCUT2D eigenvalue weighted by Crippen LogP contribution is 2.02. The van der Waals surface area contributed by atoms with Gasteiger partial charge < -0.3 is 15.4 Å². The zero-order chi connectivity index (χ0) is 17.1. The maximum absolute atomic E-state index is 11.7. The van der Waals surface area contributed by atoms with Crippen molar-refractivity contribution < 1.29 is 23.9 Å². The van der Waals surface area contributed by atoms with Crippen molar-refractivity contribution in [1.82, 2.24) is 10.6 Å². The van der Waals surface area contributed by atoms with Crippen molar-refractivity contribution in [1.29, 1.82) is 0 Å². The number of carbonyl (C=O) groups is 4. The Morgan fingerprint density at radius 1 is 0.955 bits per heavy atom. The summed E-state index contributed by atoms with van der Waals surface area (Å²) in [6.45, 7) is 4.39. The lowest BCUT2D eigenvalue weighted by Gasteiger charge is -2.15. The first-order valence-corrected chi connectivity index (χ1v) is 7.11. The number of methoxy groups -OCH3 is 1. The molecular weight excluding hydrogens is 288 g/mol. The van der Waals surface area contributed by atoms with E-state index in [4.69, 9.17) is 0 Å². The maximum atomic E-state index is 11.7. The molecular formula is C15H24N2O5. The molecule has 0 saturated heterocycles. The Morgan fingerprint density at radius 3 is 1.82 bits per heavy atom. The van der Waals surface area contributed by atoms with E-state index in [9.17, 15) is 19.2 Å². The third-order valence-corrected chi connectivity index (χ3v) is 2.89. The molecule has 0 aromatic carbocycles. The number of ketones is 1. The van der Waals surface area contributed by atoms with Gasteiger partial charge in [0.15, 0.2) is 5.78 Å². The van der Waals surface area contributed by atoms with Gasteiger partial charge in [0.2, 0.25) is 11.8 Å². The number of Topliss-reactive ketones (excluding diaryl/α,β-unsaturated/α-hetero) is 1. The van der Waals surface area contributed by atoms with Crippen LogP contribution in [0.25, 0.3) is 0 Å². The third kappa shape index (κ3) is 8.18. The van der Waals surface area contributed by atoms with Gasteiger partial charge in [-0.15, -0.1) is 0 Å². The Labute approximate surface area is 130 Å². The molecule has 0 saturated carbocycles. The molecule has 0 aromatic heterocycles. The SMILES string of the molecule is CCC(=O)[C@H](C/C=C/C[C@H](NC(C)=O)C(=O)OC)NC(C)=O. The summed E-state index contributed by atoms with van der Waals surface area (Å²) in [5.74, 6) is -1.21. The van der Waals surface area contributed by atoms with Crippen molar-refractivity contribution in [3.8, 4) is 0 Å². The lowest BCUT2D eigenvalue weighted by molar-refractivity contribution is -0.144. The van der Waals surface area contributed by atoms with Gasteiger partial charge in [0, 0.05) is 20.3 Å². The summed E-state index contributed by atoms with van der Waals surface area (Å²) in [6, 6.07) is -1.34. The summed E-state index contributed by atoms with van der Waals surface area (Å²) in [5.41, 5.74) is 0. The van der Waals surface area contributed by atoms with E-state index in [1.807, 2.05) is 0 Å². The fraction of sp³-hybridized carbons (Fsp3) is 0.600. The van der Waals surface area contributed by atoms with Crippen LogP contribution in [-0.2, 0) is 23.9 Å². The highest BCUT2D eigenvalue weighted by molar-refractivity contribution is 5.88. The molecule has 0 bridgehead atoms. The quantitative estimate of drug-likeness (QED) is 0.476. The maximum Gasteiger partial charge on any atom is 0.328 e. The molecule has 0 aliphatic rings. The minimum Gasteiger partial charge on any atom is -0.467 e. The van der Waals surface area contributed by atoms with Crippen LogP contribution in [0.1, 0.15) is 40.0 Å². The Balaban J connectivity index is 4.59. The fourth-order valence-electron chi connectivity index (χ4n) is 1.83. The molecule has 2 N–H and O–H groups in total. The number of nitrogens with one attached hydrogen (secondary N) is 2. The van der Waals surface area contributed by atoms with Crippen LogP contribution in [0.2, 0.25) is 0 Å². The average molecular weight is 312 g/mol. The molecule has 2 amide bonds. The molecule has 22 heavy (non-hydrogen) atoms. The van der Waals surface area contributed by atoms with Crippen LogP contribution in [0.4, 0.5) is 0 Å². The minimum atomic E-state index is -0.764. The van der Waals surface area contributed by atoms with E-state index in [0.717, 1.165) is 0 Å². The van der Waals surface area contributed by atoms with Crippen molar-refractivity contribution in [3.05, 3.63) is 12.2 Å². The molecule has 0 heterocycles. The summed E-state index contributed by atoms with van der Waals surface area (Å²) in [4.78, 5) is 45.3. The molecule has 0 unspecified atom stereocenters. The van der Waals surface area contributed by atoms with Crippen molar-refractivity contribution in [2.24, 2.45) is 0 Å². The number of hydrogen-bond donors (Lipinski definition) is 2. The lowest BCUT2D eigenvalue weighted by atomic mass is 10.1. The predicted octanol–water partition coefficient (Wildman–Crippen LogP) is 0.484. The van der Waals surface area contributed by atoms with E-state index in [2.05, 4.69) is 15.4 Å². The van der Waals surface area contributed by atoms with Gasteiger partial charge in [0.05, 0.1) is 13.2 Å². The Bertz CT molecular complexity index is 405. The van der Waals surface area contributed by atoms with E-state index < -0.39 is 18.1 Å². The second-order valence-electron chi connectivity index (χ2n) is 4.79. The van der Waals surface area contributed by atoms with Crippen LogP contribution in [-0.4, -0.2) is 42.8 Å². The molecule has 124 valence electrons. The molecule has 0 aliphatic heterocycles. The molecule has 0 aliphatic carbocycles. The molecule has 0 spiro atoms. The van der Waals surface area contributed by atoms with Gasteiger partial charge in [0.25, 0.3) is 0 Å². The largest absolute Gasteiger partial charge is 0.467 e. The molecule has 2 atom stereocenters. The average Bonchev–Trinajstić information content (AvgIpc) is 2.46. The smallest absolute Gasteiger partial charge is 0.328 e. The van der Waals surface area contributed by atoms with Gasteiger partial charge in [-0.3, -0.25) is 14.4 Å². The zero-order valence-corrected chi connectivity index (χ0v) is 13.5. The number of carbonyl (C=O) groups excluding carboxylic acids is 4. The summed E-state index contributed by atoms with van der Waals surface area (Å²) < 4.78 is 4.60. The fourth-order valence-corrected chi connectivity index (χ4v) is 1.83. The number of amides is 2. The van der Waals surface area contributed by atoms with Crippen molar-refractivity contribution >= 4 is 23.6 Å². The van der Waals surface area contributed by atoms with Gasteiger partial charge in [-0.25, -0.2) is 4.79 Å². The van der Waals surface area contributed by atoms with Crippen LogP contribution in [0.15, 0.2) is 12.2 Å². The van der Waals surface area contributed by atoms with Crippen LogP contribution in [0, 0.1) is 0 Å². The van der Waals surface area contributed by atoms with Crippen molar-refractivity contribution in [3.63, 3.8) is 0 Å². The van der Waals surface area contributed by atoms with Crippen LogP contribution in [0.5, 0.6) is 0 Å². The van der Waals surface area contributed by atoms with Gasteiger partial charge in [-0.05, 0) is 12.8 Å². The predicted molar refractivity (Wildman–Crippen MR) is 80.9 cm³/mol. The zero-order valence-electron chi connectivity index (χ0n) is 13.5. The van der Waals surface area contributed by atoms with Crippen LogP contribution >= 0.6 is 0 Å². The second-order valence-corrected chi connectivity index (χ2v) is 4.79. The van der Waals surface area contributed by atoms with E-state index in [0.29, 0.717) is 12.8 Å². The Morgan fingerprint density at radius 2 is 1.41 bits per heavy atom. The van der Waals surface area contributed by atoms with Crippen molar-refractivity contribution in [2.45, 2.75) is 52.1 Å². The Kier molecular flexibility index (Phi) is 9.49. The summed E-state index contributed by atoms with van der Waals surface area (Å²) in [6.07, 6.45) is 4.29. The van der Waals surface area contributed by atoms with Crippen molar-refractivity contribution in [2.75, 3.05) is 7.11 Å². The van der Waals surface area contributed by atoms with Gasteiger partial charge in [0.1, 0.15) is 6.04 Å². The number of ether oxygens (including phenoxy) is 1. The first kappa shape index (κ1) is 19.8. The first-order valence-electron chi connectivity index (χ1n) is 7.11. The van der Waals surface area contributed by atoms with E-state index >= 15 is 0 Å². The highest BCUT2D eigenvalue weighted by Gasteiger charge is 2.19. The van der Waals surface area contributed by atoms with Gasteiger partial charge in [-0.2, -0.15) is 0 Å². The lowest BCUT2D eigenvalue weighted by Crippen LogP contribution is -2.40. The number of hydrogen-bond acceptors (Lipinski definition) is 5. The standard InChI is InChI=1S/C15H24N2O5/c1-5-14(20)12(16-10(2)18)8-6-7-9-13(15(21)22-4)17-11(3)19/h6-7,12-13H,5,8-9H2,1-4H3,(H,16,18)(H,17,19)/b7-6+/t12-,13-/m0/s1. The molecule has 0 aromatic rings. The third-order valence-electron chi connectivity index (χ3n) is 2.89. The summed E-state index contributed by atoms with van der Waals surface area (Å²) in [7, 11) is 1.24. The molecule has 7 nitrogen and oxygen atoms in total. The molecule has 0 rings (SSSR count). The number of rotatable bonds is 9. The van der Waals surface area contributed by atoms with Gasteiger partial charge in [-0.1, -0.05) is 19.1 Å². The highest BCUT2D eigenvalue weighted by atomic mass is 16.5. The van der Waals surface area contributed by atoms with Crippen LogP contribution < -0.4 is 10.6 Å². The van der Waals surface area contributed by atoms with E-state index in [1.54, 1.807) is 19.1 Å². The summed E-state index contributed by atoms with van der Waals surface area (Å²) in [5, 5.41) is 5.07. The van der Waals surface area contributed by atoms with E-state index in [1.165, 1.54) is 21.0 Å². The topological polar surface area (TPSA) is 102 Å². The Hall–Kier alpha value is -2.18. The molecule has 0 fully saturated rings. The second kappa shape index (κ2) is 10.5.